The van der Waals surface area contributed by atoms with Crippen molar-refractivity contribution in [3.05, 3.63) is 82.2 Å². The van der Waals surface area contributed by atoms with Crippen LogP contribution in [-0.4, -0.2) is 20.7 Å². The van der Waals surface area contributed by atoms with Crippen LogP contribution in [0.5, 0.6) is 5.75 Å². The lowest BCUT2D eigenvalue weighted by molar-refractivity contribution is -0.385. The van der Waals surface area contributed by atoms with Gasteiger partial charge in [0.15, 0.2) is 0 Å². The van der Waals surface area contributed by atoms with E-state index in [2.05, 4.69) is 5.10 Å². The van der Waals surface area contributed by atoms with Crippen LogP contribution in [0.4, 0.5) is 5.69 Å². The molecule has 0 N–H and O–H groups in total. The van der Waals surface area contributed by atoms with E-state index in [9.17, 15) is 14.9 Å². The molecule has 2 aromatic carbocycles. The van der Waals surface area contributed by atoms with E-state index in [0.717, 1.165) is 5.69 Å². The van der Waals surface area contributed by atoms with Gasteiger partial charge in [-0.1, -0.05) is 0 Å². The highest BCUT2D eigenvalue weighted by Gasteiger charge is 2.14. The predicted molar refractivity (Wildman–Crippen MR) is 86.4 cm³/mol. The summed E-state index contributed by atoms with van der Waals surface area (Å²) in [6, 6.07) is 12.8. The van der Waals surface area contributed by atoms with E-state index >= 15 is 0 Å². The minimum atomic E-state index is -0.532. The first kappa shape index (κ1) is 15.4. The third-order valence-electron chi connectivity index (χ3n) is 3.45. The average Bonchev–Trinajstić information content (AvgIpc) is 3.09. The molecule has 1 heterocycles. The average molecular weight is 323 g/mol. The fourth-order valence-electron chi connectivity index (χ4n) is 2.23. The normalized spacial score (nSPS) is 10.4. The number of carbonyl (C=O) groups is 1. The van der Waals surface area contributed by atoms with Gasteiger partial charge in [-0.15, -0.1) is 0 Å². The highest BCUT2D eigenvalue weighted by molar-refractivity contribution is 5.91. The van der Waals surface area contributed by atoms with Crippen molar-refractivity contribution in [2.45, 2.75) is 6.92 Å². The summed E-state index contributed by atoms with van der Waals surface area (Å²) in [7, 11) is 0. The number of nitro benzene ring substituents is 1. The smallest absolute Gasteiger partial charge is 0.343 e. The number of aryl methyl sites for hydroxylation is 1. The van der Waals surface area contributed by atoms with Gasteiger partial charge in [-0.05, 0) is 49.4 Å². The highest BCUT2D eigenvalue weighted by atomic mass is 16.6. The van der Waals surface area contributed by atoms with Crippen LogP contribution in [0.2, 0.25) is 0 Å². The Morgan fingerprint density at radius 3 is 2.54 bits per heavy atom. The molecule has 3 aromatic rings. The summed E-state index contributed by atoms with van der Waals surface area (Å²) < 4.78 is 6.94. The third kappa shape index (κ3) is 3.14. The maximum Gasteiger partial charge on any atom is 0.343 e. The van der Waals surface area contributed by atoms with Gasteiger partial charge >= 0.3 is 5.97 Å². The van der Waals surface area contributed by atoms with Gasteiger partial charge in [0, 0.05) is 24.0 Å². The number of aromatic nitrogens is 2. The number of benzene rings is 2. The summed E-state index contributed by atoms with van der Waals surface area (Å²) in [6.07, 6.45) is 3.46. The number of hydrogen-bond acceptors (Lipinski definition) is 5. The molecule has 1 aromatic heterocycles. The molecule has 24 heavy (non-hydrogen) atoms. The van der Waals surface area contributed by atoms with E-state index < -0.39 is 10.9 Å². The molecule has 7 heteroatoms. The summed E-state index contributed by atoms with van der Waals surface area (Å²) in [5.74, 6) is -0.269. The highest BCUT2D eigenvalue weighted by Crippen LogP contribution is 2.23. The van der Waals surface area contributed by atoms with E-state index in [1.54, 1.807) is 54.3 Å². The zero-order valence-electron chi connectivity index (χ0n) is 12.7. The third-order valence-corrected chi connectivity index (χ3v) is 3.45. The van der Waals surface area contributed by atoms with Crippen molar-refractivity contribution in [3.63, 3.8) is 0 Å². The quantitative estimate of drug-likeness (QED) is 0.318. The maximum absolute atomic E-state index is 12.2. The van der Waals surface area contributed by atoms with Gasteiger partial charge in [-0.25, -0.2) is 9.48 Å². The number of rotatable bonds is 4. The Kier molecular flexibility index (Phi) is 4.07. The predicted octanol–water partition coefficient (Wildman–Crippen LogP) is 3.31. The van der Waals surface area contributed by atoms with E-state index in [-0.39, 0.29) is 11.4 Å². The number of ether oxygens (including phenoxy) is 1. The fourth-order valence-corrected chi connectivity index (χ4v) is 2.23. The van der Waals surface area contributed by atoms with Crippen molar-refractivity contribution in [3.8, 4) is 11.4 Å². The molecule has 0 radical (unpaired) electrons. The van der Waals surface area contributed by atoms with Crippen molar-refractivity contribution >= 4 is 11.7 Å². The van der Waals surface area contributed by atoms with Gasteiger partial charge in [-0.3, -0.25) is 10.1 Å². The fraction of sp³-hybridized carbons (Fsp3) is 0.0588. The Bertz CT molecular complexity index is 887. The molecule has 0 fully saturated rings. The first-order valence-electron chi connectivity index (χ1n) is 7.12. The van der Waals surface area contributed by atoms with E-state index in [1.807, 2.05) is 0 Å². The van der Waals surface area contributed by atoms with Crippen LogP contribution < -0.4 is 4.74 Å². The van der Waals surface area contributed by atoms with Gasteiger partial charge in [-0.2, -0.15) is 5.10 Å². The second kappa shape index (κ2) is 6.33. The van der Waals surface area contributed by atoms with Crippen LogP contribution in [0.25, 0.3) is 5.69 Å². The van der Waals surface area contributed by atoms with Gasteiger partial charge in [0.1, 0.15) is 5.75 Å². The molecule has 0 aliphatic carbocycles. The summed E-state index contributed by atoms with van der Waals surface area (Å²) in [5.41, 5.74) is 1.61. The zero-order chi connectivity index (χ0) is 17.1. The van der Waals surface area contributed by atoms with E-state index in [0.29, 0.717) is 11.1 Å². The molecule has 3 rings (SSSR count). The van der Waals surface area contributed by atoms with E-state index in [1.165, 1.54) is 18.2 Å². The van der Waals surface area contributed by atoms with Crippen LogP contribution in [-0.2, 0) is 0 Å². The van der Waals surface area contributed by atoms with Crippen molar-refractivity contribution in [2.75, 3.05) is 0 Å². The molecule has 7 nitrogen and oxygen atoms in total. The molecule has 0 saturated heterocycles. The van der Waals surface area contributed by atoms with Crippen molar-refractivity contribution in [2.24, 2.45) is 0 Å². The first-order chi connectivity index (χ1) is 11.5. The number of esters is 1. The van der Waals surface area contributed by atoms with Gasteiger partial charge in [0.2, 0.25) is 0 Å². The molecule has 0 bridgehead atoms. The monoisotopic (exact) mass is 323 g/mol. The maximum atomic E-state index is 12.2. The molecule has 120 valence electrons. The second-order valence-electron chi connectivity index (χ2n) is 5.09. The molecule has 0 amide bonds. The number of nitro groups is 1. The molecule has 0 aliphatic rings. The Labute approximate surface area is 137 Å². The first-order valence-corrected chi connectivity index (χ1v) is 7.12. The van der Waals surface area contributed by atoms with Crippen LogP contribution >= 0.6 is 0 Å². The minimum absolute atomic E-state index is 0.0154. The summed E-state index contributed by atoms with van der Waals surface area (Å²) in [6.45, 7) is 1.59. The summed E-state index contributed by atoms with van der Waals surface area (Å²) >= 11 is 0. The standard InChI is InChI=1S/C17H13N3O4/c1-12-11-15(7-8-16(12)20(22)23)24-17(21)13-3-5-14(6-4-13)19-10-2-9-18-19/h2-11H,1H3. The molecular weight excluding hydrogens is 310 g/mol. The Morgan fingerprint density at radius 2 is 1.96 bits per heavy atom. The lowest BCUT2D eigenvalue weighted by Gasteiger charge is -2.06. The Morgan fingerprint density at radius 1 is 1.21 bits per heavy atom. The molecule has 0 spiro atoms. The van der Waals surface area contributed by atoms with E-state index in [4.69, 9.17) is 4.74 Å². The molecule has 0 unspecified atom stereocenters. The Hall–Kier alpha value is -3.48. The number of nitrogens with zero attached hydrogens (tertiary/aromatic N) is 3. The molecule has 0 saturated carbocycles. The second-order valence-corrected chi connectivity index (χ2v) is 5.09. The van der Waals surface area contributed by atoms with Crippen LogP contribution in [0.1, 0.15) is 15.9 Å². The van der Waals surface area contributed by atoms with Crippen molar-refractivity contribution in [1.29, 1.82) is 0 Å². The van der Waals surface area contributed by atoms with Crippen LogP contribution in [0.3, 0.4) is 0 Å². The molecular formula is C17H13N3O4. The Balaban J connectivity index is 1.75. The van der Waals surface area contributed by atoms with Crippen LogP contribution in [0.15, 0.2) is 60.9 Å². The summed E-state index contributed by atoms with van der Waals surface area (Å²) in [5, 5.41) is 14.9. The van der Waals surface area contributed by atoms with Crippen LogP contribution in [0, 0.1) is 17.0 Å². The van der Waals surface area contributed by atoms with Gasteiger partial charge in [0.05, 0.1) is 16.2 Å². The zero-order valence-corrected chi connectivity index (χ0v) is 12.7. The molecule has 0 aliphatic heterocycles. The SMILES string of the molecule is Cc1cc(OC(=O)c2ccc(-n3cccn3)cc2)ccc1[N+](=O)[O-]. The molecule has 0 atom stereocenters. The minimum Gasteiger partial charge on any atom is -0.423 e. The largest absolute Gasteiger partial charge is 0.423 e. The van der Waals surface area contributed by atoms with Crippen molar-refractivity contribution < 1.29 is 14.5 Å². The van der Waals surface area contributed by atoms with Gasteiger partial charge in [0.25, 0.3) is 5.69 Å². The summed E-state index contributed by atoms with van der Waals surface area (Å²) in [4.78, 5) is 22.5. The number of hydrogen-bond donors (Lipinski definition) is 0. The lowest BCUT2D eigenvalue weighted by atomic mass is 10.2. The topological polar surface area (TPSA) is 87.3 Å². The van der Waals surface area contributed by atoms with Gasteiger partial charge < -0.3 is 4.74 Å². The van der Waals surface area contributed by atoms with Crippen molar-refractivity contribution in [1.82, 2.24) is 9.78 Å². The number of carbonyl (C=O) groups excluding carboxylic acids is 1. The lowest BCUT2D eigenvalue weighted by Crippen LogP contribution is -2.09.